The number of benzene rings is 1. The Kier molecular flexibility index (Phi) is 4.43. The Morgan fingerprint density at radius 2 is 2.15 bits per heavy atom. The topological polar surface area (TPSA) is 66.8 Å². The van der Waals surface area contributed by atoms with Gasteiger partial charge < -0.3 is 9.84 Å². The van der Waals surface area contributed by atoms with E-state index in [1.165, 1.54) is 16.4 Å². The number of aliphatic hydroxyl groups is 1. The summed E-state index contributed by atoms with van der Waals surface area (Å²) in [4.78, 5) is -0.365. The van der Waals surface area contributed by atoms with Crippen molar-refractivity contribution in [1.29, 1.82) is 0 Å². The van der Waals surface area contributed by atoms with Crippen LogP contribution in [0.25, 0.3) is 0 Å². The lowest BCUT2D eigenvalue weighted by Crippen LogP contribution is -2.50. The molecule has 1 aliphatic heterocycles. The standard InChI is InChI=1S/C13H18FNO4S/c1-9-8-19-10(2)6-15(9)20(17,18)13-4-3-11(7-16)5-12(13)14/h3-5,9-10,16H,6-8H2,1-2H3. The minimum absolute atomic E-state index is 0.199. The van der Waals surface area contributed by atoms with E-state index in [1.807, 2.05) is 0 Å². The maximum absolute atomic E-state index is 14.0. The van der Waals surface area contributed by atoms with E-state index in [4.69, 9.17) is 9.84 Å². The Bertz CT molecular complexity index is 590. The van der Waals surface area contributed by atoms with Crippen molar-refractivity contribution in [2.45, 2.75) is 37.5 Å². The Morgan fingerprint density at radius 3 is 2.75 bits per heavy atom. The molecule has 2 unspecified atom stereocenters. The summed E-state index contributed by atoms with van der Waals surface area (Å²) in [6.07, 6.45) is -0.222. The molecule has 1 aliphatic rings. The molecule has 0 aliphatic carbocycles. The molecular weight excluding hydrogens is 285 g/mol. The average molecular weight is 303 g/mol. The number of ether oxygens (including phenoxy) is 1. The molecule has 112 valence electrons. The van der Waals surface area contributed by atoms with Gasteiger partial charge >= 0.3 is 0 Å². The fourth-order valence-electron chi connectivity index (χ4n) is 2.19. The van der Waals surface area contributed by atoms with Crippen LogP contribution in [0.5, 0.6) is 0 Å². The highest BCUT2D eigenvalue weighted by Gasteiger charge is 2.35. The summed E-state index contributed by atoms with van der Waals surface area (Å²) in [6.45, 7) is 3.66. The van der Waals surface area contributed by atoms with Gasteiger partial charge in [0.2, 0.25) is 10.0 Å². The van der Waals surface area contributed by atoms with Gasteiger partial charge in [0.05, 0.1) is 19.3 Å². The first-order valence-electron chi connectivity index (χ1n) is 6.39. The molecule has 0 radical (unpaired) electrons. The third-order valence-electron chi connectivity index (χ3n) is 3.32. The molecule has 1 aromatic carbocycles. The smallest absolute Gasteiger partial charge is 0.246 e. The molecule has 0 aromatic heterocycles. The lowest BCUT2D eigenvalue weighted by Gasteiger charge is -2.35. The summed E-state index contributed by atoms with van der Waals surface area (Å²) in [5.41, 5.74) is 0.338. The van der Waals surface area contributed by atoms with Gasteiger partial charge in [-0.3, -0.25) is 0 Å². The summed E-state index contributed by atoms with van der Waals surface area (Å²) in [6, 6.07) is 3.31. The number of morpholine rings is 1. The lowest BCUT2D eigenvalue weighted by molar-refractivity contribution is -0.0171. The largest absolute Gasteiger partial charge is 0.392 e. The molecule has 1 N–H and O–H groups in total. The maximum atomic E-state index is 14.0. The van der Waals surface area contributed by atoms with E-state index in [2.05, 4.69) is 0 Å². The average Bonchev–Trinajstić information content (AvgIpc) is 2.40. The zero-order chi connectivity index (χ0) is 14.9. The van der Waals surface area contributed by atoms with Crippen LogP contribution in [-0.4, -0.2) is 43.1 Å². The van der Waals surface area contributed by atoms with E-state index in [-0.39, 0.29) is 36.8 Å². The van der Waals surface area contributed by atoms with Crippen LogP contribution in [0.15, 0.2) is 23.1 Å². The highest BCUT2D eigenvalue weighted by atomic mass is 32.2. The first kappa shape index (κ1) is 15.4. The van der Waals surface area contributed by atoms with Crippen molar-refractivity contribution in [3.63, 3.8) is 0 Å². The van der Waals surface area contributed by atoms with Gasteiger partial charge in [-0.2, -0.15) is 4.31 Å². The van der Waals surface area contributed by atoms with Gasteiger partial charge in [-0.05, 0) is 31.5 Å². The Labute approximate surface area is 118 Å². The maximum Gasteiger partial charge on any atom is 0.246 e. The van der Waals surface area contributed by atoms with Crippen molar-refractivity contribution < 1.29 is 22.7 Å². The third-order valence-corrected chi connectivity index (χ3v) is 5.33. The Morgan fingerprint density at radius 1 is 1.45 bits per heavy atom. The predicted molar refractivity (Wildman–Crippen MR) is 71.1 cm³/mol. The van der Waals surface area contributed by atoms with Crippen LogP contribution >= 0.6 is 0 Å². The normalized spacial score (nSPS) is 24.8. The van der Waals surface area contributed by atoms with E-state index in [9.17, 15) is 12.8 Å². The van der Waals surface area contributed by atoms with E-state index in [0.717, 1.165) is 6.07 Å². The highest BCUT2D eigenvalue weighted by Crippen LogP contribution is 2.25. The second kappa shape index (κ2) is 5.77. The van der Waals surface area contributed by atoms with Crippen LogP contribution in [0.2, 0.25) is 0 Å². The molecule has 0 amide bonds. The quantitative estimate of drug-likeness (QED) is 0.908. The number of hydrogen-bond donors (Lipinski definition) is 1. The molecule has 20 heavy (non-hydrogen) atoms. The minimum Gasteiger partial charge on any atom is -0.392 e. The molecule has 0 saturated carbocycles. The number of aliphatic hydroxyl groups excluding tert-OH is 1. The number of sulfonamides is 1. The summed E-state index contributed by atoms with van der Waals surface area (Å²) in [5, 5.41) is 8.94. The van der Waals surface area contributed by atoms with Crippen molar-refractivity contribution in [2.75, 3.05) is 13.2 Å². The second-order valence-electron chi connectivity index (χ2n) is 4.99. The monoisotopic (exact) mass is 303 g/mol. The minimum atomic E-state index is -3.90. The van der Waals surface area contributed by atoms with E-state index < -0.39 is 15.8 Å². The summed E-state index contributed by atoms with van der Waals surface area (Å²) < 4.78 is 45.7. The van der Waals surface area contributed by atoms with Crippen LogP contribution < -0.4 is 0 Å². The van der Waals surface area contributed by atoms with Crippen molar-refractivity contribution in [1.82, 2.24) is 4.31 Å². The van der Waals surface area contributed by atoms with Gasteiger partial charge in [-0.25, -0.2) is 12.8 Å². The molecule has 0 spiro atoms. The molecular formula is C13H18FNO4S. The van der Waals surface area contributed by atoms with Gasteiger partial charge in [-0.1, -0.05) is 6.07 Å². The van der Waals surface area contributed by atoms with E-state index >= 15 is 0 Å². The molecule has 1 heterocycles. The van der Waals surface area contributed by atoms with Gasteiger partial charge in [0.1, 0.15) is 10.7 Å². The first-order chi connectivity index (χ1) is 9.36. The number of nitrogens with zero attached hydrogens (tertiary/aromatic N) is 1. The summed E-state index contributed by atoms with van der Waals surface area (Å²) in [7, 11) is -3.90. The molecule has 1 aromatic rings. The zero-order valence-corrected chi connectivity index (χ0v) is 12.2. The van der Waals surface area contributed by atoms with E-state index in [1.54, 1.807) is 13.8 Å². The number of halogens is 1. The lowest BCUT2D eigenvalue weighted by atomic mass is 10.2. The molecule has 1 saturated heterocycles. The molecule has 5 nitrogen and oxygen atoms in total. The molecule has 7 heteroatoms. The van der Waals surface area contributed by atoms with Crippen LogP contribution in [0.1, 0.15) is 19.4 Å². The van der Waals surface area contributed by atoms with Crippen molar-refractivity contribution >= 4 is 10.0 Å². The van der Waals surface area contributed by atoms with Gasteiger partial charge in [0, 0.05) is 12.6 Å². The van der Waals surface area contributed by atoms with Crippen LogP contribution in [0.4, 0.5) is 4.39 Å². The SMILES string of the molecule is CC1CN(S(=O)(=O)c2ccc(CO)cc2F)C(C)CO1. The van der Waals surface area contributed by atoms with Gasteiger partial charge in [0.25, 0.3) is 0 Å². The third kappa shape index (κ3) is 2.85. The second-order valence-corrected chi connectivity index (χ2v) is 6.85. The fourth-order valence-corrected chi connectivity index (χ4v) is 3.92. The van der Waals surface area contributed by atoms with Crippen LogP contribution in [0.3, 0.4) is 0 Å². The summed E-state index contributed by atoms with van der Waals surface area (Å²) in [5.74, 6) is -0.845. The summed E-state index contributed by atoms with van der Waals surface area (Å²) >= 11 is 0. The van der Waals surface area contributed by atoms with Crippen LogP contribution in [0, 0.1) is 5.82 Å². The highest BCUT2D eigenvalue weighted by molar-refractivity contribution is 7.89. The predicted octanol–water partition coefficient (Wildman–Crippen LogP) is 1.12. The van der Waals surface area contributed by atoms with E-state index in [0.29, 0.717) is 5.56 Å². The fraction of sp³-hybridized carbons (Fsp3) is 0.538. The Hall–Kier alpha value is -1.02. The van der Waals surface area contributed by atoms with Crippen molar-refractivity contribution in [3.05, 3.63) is 29.6 Å². The molecule has 2 atom stereocenters. The first-order valence-corrected chi connectivity index (χ1v) is 7.83. The zero-order valence-electron chi connectivity index (χ0n) is 11.4. The molecule has 2 rings (SSSR count). The van der Waals surface area contributed by atoms with Gasteiger partial charge in [0.15, 0.2) is 0 Å². The molecule has 0 bridgehead atoms. The number of rotatable bonds is 3. The van der Waals surface area contributed by atoms with Crippen molar-refractivity contribution in [3.8, 4) is 0 Å². The van der Waals surface area contributed by atoms with Gasteiger partial charge in [-0.15, -0.1) is 0 Å². The molecule has 1 fully saturated rings. The Balaban J connectivity index is 2.39. The van der Waals surface area contributed by atoms with Crippen molar-refractivity contribution in [2.24, 2.45) is 0 Å². The van der Waals surface area contributed by atoms with Crippen LogP contribution in [-0.2, 0) is 21.4 Å². The number of hydrogen-bond acceptors (Lipinski definition) is 4.